The summed E-state index contributed by atoms with van der Waals surface area (Å²) in [5.74, 6) is 1.19. The molecule has 0 aromatic carbocycles. The molecule has 5 heteroatoms. The van der Waals surface area contributed by atoms with Crippen molar-refractivity contribution in [3.8, 4) is 0 Å². The third-order valence-electron chi connectivity index (χ3n) is 4.32. The van der Waals surface area contributed by atoms with Crippen LogP contribution in [0.4, 0.5) is 0 Å². The van der Waals surface area contributed by atoms with E-state index in [1.165, 1.54) is 6.20 Å². The molecule has 1 aromatic rings. The van der Waals surface area contributed by atoms with E-state index < -0.39 is 0 Å². The minimum Gasteiger partial charge on any atom is -0.378 e. The fraction of sp³-hybridized carbons (Fsp3) is 0.643. The fourth-order valence-corrected chi connectivity index (χ4v) is 3.29. The Labute approximate surface area is 113 Å². The van der Waals surface area contributed by atoms with Crippen LogP contribution in [0.5, 0.6) is 0 Å². The first-order valence-electron chi connectivity index (χ1n) is 6.97. The van der Waals surface area contributed by atoms with Crippen LogP contribution in [0.15, 0.2) is 18.5 Å². The highest BCUT2D eigenvalue weighted by Crippen LogP contribution is 2.35. The summed E-state index contributed by atoms with van der Waals surface area (Å²) in [6.07, 6.45) is 5.61. The molecule has 0 aliphatic carbocycles. The molecule has 5 nitrogen and oxygen atoms in total. The Morgan fingerprint density at radius 1 is 1.53 bits per heavy atom. The minimum atomic E-state index is 0.0632. The molecule has 0 unspecified atom stereocenters. The number of carbonyl (C=O) groups is 1. The molecule has 0 N–H and O–H groups in total. The molecule has 3 heterocycles. The third-order valence-corrected chi connectivity index (χ3v) is 4.32. The van der Waals surface area contributed by atoms with Gasteiger partial charge < -0.3 is 9.64 Å². The second-order valence-corrected chi connectivity index (χ2v) is 5.37. The first-order valence-corrected chi connectivity index (χ1v) is 6.97. The Hall–Kier alpha value is -1.49. The largest absolute Gasteiger partial charge is 0.378 e. The quantitative estimate of drug-likeness (QED) is 0.806. The highest BCUT2D eigenvalue weighted by Gasteiger charge is 2.40. The molecule has 0 saturated carbocycles. The Morgan fingerprint density at radius 2 is 2.42 bits per heavy atom. The first-order chi connectivity index (χ1) is 9.29. The Morgan fingerprint density at radius 3 is 3.16 bits per heavy atom. The van der Waals surface area contributed by atoms with E-state index >= 15 is 0 Å². The molecule has 2 aliphatic heterocycles. The average molecular weight is 261 g/mol. The number of hydrogen-bond donors (Lipinski definition) is 0. The molecule has 1 amide bonds. The van der Waals surface area contributed by atoms with Gasteiger partial charge in [0, 0.05) is 19.0 Å². The number of hydrogen-bond acceptors (Lipinski definition) is 4. The highest BCUT2D eigenvalue weighted by molar-refractivity contribution is 5.93. The SMILES string of the molecule is CC[C@H]1OC[C@@H]2CN(C(=O)c3ccnnc3)CC[C@H]21. The van der Waals surface area contributed by atoms with Crippen LogP contribution in [-0.2, 0) is 4.74 Å². The van der Waals surface area contributed by atoms with Crippen molar-refractivity contribution in [1.82, 2.24) is 15.1 Å². The fourth-order valence-electron chi connectivity index (χ4n) is 3.29. The molecule has 0 spiro atoms. The Bertz CT molecular complexity index is 451. The van der Waals surface area contributed by atoms with Crippen LogP contribution in [0.3, 0.4) is 0 Å². The smallest absolute Gasteiger partial charge is 0.255 e. The second-order valence-electron chi connectivity index (χ2n) is 5.37. The van der Waals surface area contributed by atoms with Crippen molar-refractivity contribution in [3.05, 3.63) is 24.0 Å². The van der Waals surface area contributed by atoms with Crippen molar-refractivity contribution >= 4 is 5.91 Å². The molecule has 102 valence electrons. The van der Waals surface area contributed by atoms with Gasteiger partial charge in [0.05, 0.1) is 30.7 Å². The van der Waals surface area contributed by atoms with E-state index in [9.17, 15) is 4.79 Å². The zero-order chi connectivity index (χ0) is 13.2. The zero-order valence-electron chi connectivity index (χ0n) is 11.2. The summed E-state index contributed by atoms with van der Waals surface area (Å²) in [5.41, 5.74) is 0.624. The molecule has 2 saturated heterocycles. The van der Waals surface area contributed by atoms with Gasteiger partial charge in [0.25, 0.3) is 5.91 Å². The van der Waals surface area contributed by atoms with Gasteiger partial charge in [-0.2, -0.15) is 10.2 Å². The first kappa shape index (κ1) is 12.5. The predicted molar refractivity (Wildman–Crippen MR) is 69.6 cm³/mol. The van der Waals surface area contributed by atoms with Gasteiger partial charge in [-0.05, 0) is 24.8 Å². The van der Waals surface area contributed by atoms with Crippen LogP contribution in [-0.4, -0.2) is 46.8 Å². The number of ether oxygens (including phenoxy) is 1. The van der Waals surface area contributed by atoms with E-state index in [2.05, 4.69) is 17.1 Å². The summed E-state index contributed by atoms with van der Waals surface area (Å²) in [5, 5.41) is 7.48. The lowest BCUT2D eigenvalue weighted by atomic mass is 9.83. The van der Waals surface area contributed by atoms with Crippen LogP contribution < -0.4 is 0 Å². The normalized spacial score (nSPS) is 30.2. The van der Waals surface area contributed by atoms with Gasteiger partial charge in [-0.1, -0.05) is 6.92 Å². The summed E-state index contributed by atoms with van der Waals surface area (Å²) in [4.78, 5) is 14.3. The lowest BCUT2D eigenvalue weighted by Crippen LogP contribution is -2.44. The summed E-state index contributed by atoms with van der Waals surface area (Å²) in [7, 11) is 0. The summed E-state index contributed by atoms with van der Waals surface area (Å²) < 4.78 is 5.82. The summed E-state index contributed by atoms with van der Waals surface area (Å²) in [6, 6.07) is 1.72. The number of fused-ring (bicyclic) bond motifs is 1. The van der Waals surface area contributed by atoms with Crippen molar-refractivity contribution in [2.24, 2.45) is 11.8 Å². The van der Waals surface area contributed by atoms with Crippen molar-refractivity contribution in [2.75, 3.05) is 19.7 Å². The van der Waals surface area contributed by atoms with Crippen molar-refractivity contribution in [2.45, 2.75) is 25.9 Å². The van der Waals surface area contributed by atoms with Crippen LogP contribution in [0.25, 0.3) is 0 Å². The topological polar surface area (TPSA) is 55.3 Å². The van der Waals surface area contributed by atoms with E-state index in [1.54, 1.807) is 12.3 Å². The van der Waals surface area contributed by atoms with Crippen LogP contribution in [0, 0.1) is 11.8 Å². The minimum absolute atomic E-state index is 0.0632. The van der Waals surface area contributed by atoms with E-state index in [1.807, 2.05) is 4.90 Å². The number of rotatable bonds is 2. The van der Waals surface area contributed by atoms with E-state index in [0.717, 1.165) is 32.5 Å². The molecule has 19 heavy (non-hydrogen) atoms. The van der Waals surface area contributed by atoms with Gasteiger partial charge in [-0.15, -0.1) is 0 Å². The van der Waals surface area contributed by atoms with Gasteiger partial charge in [0.2, 0.25) is 0 Å². The number of nitrogens with zero attached hydrogens (tertiary/aromatic N) is 3. The van der Waals surface area contributed by atoms with E-state index in [0.29, 0.717) is 23.5 Å². The predicted octanol–water partition coefficient (Wildman–Crippen LogP) is 1.36. The lowest BCUT2D eigenvalue weighted by molar-refractivity contribution is 0.0607. The molecule has 2 aliphatic rings. The molecule has 3 atom stereocenters. The molecule has 0 radical (unpaired) electrons. The van der Waals surface area contributed by atoms with E-state index in [-0.39, 0.29) is 5.91 Å². The molecular formula is C14H19N3O2. The monoisotopic (exact) mass is 261 g/mol. The number of amides is 1. The number of likely N-dealkylation sites (tertiary alicyclic amines) is 1. The van der Waals surface area contributed by atoms with Crippen LogP contribution >= 0.6 is 0 Å². The number of piperidine rings is 1. The van der Waals surface area contributed by atoms with E-state index in [4.69, 9.17) is 4.74 Å². The van der Waals surface area contributed by atoms with Gasteiger partial charge >= 0.3 is 0 Å². The maximum absolute atomic E-state index is 12.4. The highest BCUT2D eigenvalue weighted by atomic mass is 16.5. The van der Waals surface area contributed by atoms with Crippen molar-refractivity contribution in [3.63, 3.8) is 0 Å². The van der Waals surface area contributed by atoms with Crippen LogP contribution in [0.1, 0.15) is 30.1 Å². The van der Waals surface area contributed by atoms with Gasteiger partial charge in [-0.25, -0.2) is 0 Å². The molecular weight excluding hydrogens is 242 g/mol. The van der Waals surface area contributed by atoms with Gasteiger partial charge in [-0.3, -0.25) is 4.79 Å². The average Bonchev–Trinajstić information content (AvgIpc) is 2.89. The summed E-state index contributed by atoms with van der Waals surface area (Å²) in [6.45, 7) is 4.60. The molecule has 0 bridgehead atoms. The Kier molecular flexibility index (Phi) is 3.46. The number of aromatic nitrogens is 2. The molecule has 3 rings (SSSR count). The third kappa shape index (κ3) is 2.34. The lowest BCUT2D eigenvalue weighted by Gasteiger charge is -2.35. The molecule has 2 fully saturated rings. The maximum atomic E-state index is 12.4. The maximum Gasteiger partial charge on any atom is 0.255 e. The van der Waals surface area contributed by atoms with Gasteiger partial charge in [0.15, 0.2) is 0 Å². The van der Waals surface area contributed by atoms with Crippen LogP contribution in [0.2, 0.25) is 0 Å². The summed E-state index contributed by atoms with van der Waals surface area (Å²) >= 11 is 0. The second kappa shape index (κ2) is 5.25. The van der Waals surface area contributed by atoms with Gasteiger partial charge in [0.1, 0.15) is 0 Å². The van der Waals surface area contributed by atoms with Crippen molar-refractivity contribution < 1.29 is 9.53 Å². The molecule has 1 aromatic heterocycles. The standard InChI is InChI=1S/C14H19N3O2/c1-2-13-12-4-6-17(8-11(12)9-19-13)14(18)10-3-5-15-16-7-10/h3,5,7,11-13H,2,4,6,8-9H2,1H3/t11-,12+,13+/m0/s1. The number of carbonyl (C=O) groups excluding carboxylic acids is 1. The Balaban J connectivity index is 1.68. The zero-order valence-corrected chi connectivity index (χ0v) is 11.2. The van der Waals surface area contributed by atoms with Crippen molar-refractivity contribution in [1.29, 1.82) is 0 Å².